The molecule has 102 valence electrons. The van der Waals surface area contributed by atoms with Crippen LogP contribution in [0, 0.1) is 0 Å². The molecule has 0 spiro atoms. The summed E-state index contributed by atoms with van der Waals surface area (Å²) in [6.07, 6.45) is -2.39. The number of alkyl halides is 4. The second-order valence-corrected chi connectivity index (χ2v) is 4.52. The topological polar surface area (TPSA) is 3.24 Å². The Bertz CT molecular complexity index is 390. The molecule has 1 aromatic carbocycles. The average molecular weight is 280 g/mol. The van der Waals surface area contributed by atoms with E-state index in [4.69, 9.17) is 11.6 Å². The molecule has 0 heterocycles. The number of halogens is 4. The zero-order valence-corrected chi connectivity index (χ0v) is 11.3. The van der Waals surface area contributed by atoms with Gasteiger partial charge in [0.25, 0.3) is 0 Å². The number of unbranched alkanes of at least 4 members (excludes halogenated alkanes) is 1. The Morgan fingerprint density at radius 2 is 1.94 bits per heavy atom. The zero-order chi connectivity index (χ0) is 13.8. The van der Waals surface area contributed by atoms with Gasteiger partial charge in [0.05, 0.1) is 5.56 Å². The molecule has 0 bridgehead atoms. The van der Waals surface area contributed by atoms with E-state index in [1.165, 1.54) is 12.1 Å². The molecule has 0 N–H and O–H groups in total. The van der Waals surface area contributed by atoms with E-state index in [1.807, 2.05) is 11.8 Å². The molecule has 0 saturated heterocycles. The Hall–Kier alpha value is -0.900. The summed E-state index contributed by atoms with van der Waals surface area (Å²) in [5.41, 5.74) is 0.0554. The molecule has 0 aliphatic carbocycles. The summed E-state index contributed by atoms with van der Waals surface area (Å²) in [5.74, 6) is -0.131. The van der Waals surface area contributed by atoms with Crippen LogP contribution in [0.4, 0.5) is 18.9 Å². The van der Waals surface area contributed by atoms with Gasteiger partial charge in [-0.3, -0.25) is 0 Å². The van der Waals surface area contributed by atoms with Crippen LogP contribution in [0.3, 0.4) is 0 Å². The Morgan fingerprint density at radius 1 is 1.28 bits per heavy atom. The molecule has 0 fully saturated rings. The van der Waals surface area contributed by atoms with Crippen molar-refractivity contribution >= 4 is 17.3 Å². The van der Waals surface area contributed by atoms with Crippen LogP contribution >= 0.6 is 11.6 Å². The lowest BCUT2D eigenvalue weighted by Gasteiger charge is -2.21. The summed E-state index contributed by atoms with van der Waals surface area (Å²) >= 11 is 5.54. The van der Waals surface area contributed by atoms with E-state index < -0.39 is 11.7 Å². The lowest BCUT2D eigenvalue weighted by molar-refractivity contribution is -0.138. The summed E-state index contributed by atoms with van der Waals surface area (Å²) in [6, 6.07) is 4.31. The van der Waals surface area contributed by atoms with Crippen molar-refractivity contribution in [2.45, 2.75) is 31.8 Å². The molecule has 1 nitrogen and oxygen atoms in total. The maximum absolute atomic E-state index is 12.9. The number of anilines is 1. The minimum absolute atomic E-state index is 0.122. The maximum Gasteiger partial charge on any atom is 0.416 e. The van der Waals surface area contributed by atoms with Gasteiger partial charge in [0.2, 0.25) is 0 Å². The smallest absolute Gasteiger partial charge is 0.375 e. The highest BCUT2D eigenvalue weighted by Gasteiger charge is 2.33. The maximum atomic E-state index is 12.9. The van der Waals surface area contributed by atoms with Crippen LogP contribution in [-0.4, -0.2) is 13.6 Å². The summed E-state index contributed by atoms with van der Waals surface area (Å²) in [7, 11) is 1.80. The number of hydrogen-bond acceptors (Lipinski definition) is 1. The van der Waals surface area contributed by atoms with Gasteiger partial charge in [-0.05, 0) is 24.1 Å². The lowest BCUT2D eigenvalue weighted by atomic mass is 10.1. The van der Waals surface area contributed by atoms with Gasteiger partial charge in [-0.15, -0.1) is 11.6 Å². The highest BCUT2D eigenvalue weighted by atomic mass is 35.5. The van der Waals surface area contributed by atoms with Crippen molar-refractivity contribution < 1.29 is 13.2 Å². The minimum Gasteiger partial charge on any atom is -0.375 e. The average Bonchev–Trinajstić information content (AvgIpc) is 2.34. The molecule has 0 atom stereocenters. The third-order valence-corrected chi connectivity index (χ3v) is 3.12. The SMILES string of the molecule is CCCCN(C)c1ccc(CCl)c(C(F)(F)F)c1. The first-order chi connectivity index (χ1) is 8.40. The minimum atomic E-state index is -4.36. The largest absolute Gasteiger partial charge is 0.416 e. The third-order valence-electron chi connectivity index (χ3n) is 2.83. The van der Waals surface area contributed by atoms with E-state index in [0.29, 0.717) is 5.69 Å². The van der Waals surface area contributed by atoms with Crippen molar-refractivity contribution in [3.8, 4) is 0 Å². The van der Waals surface area contributed by atoms with Crippen LogP contribution < -0.4 is 4.90 Å². The van der Waals surface area contributed by atoms with Crippen LogP contribution in [-0.2, 0) is 12.1 Å². The van der Waals surface area contributed by atoms with E-state index >= 15 is 0 Å². The first kappa shape index (κ1) is 15.2. The second-order valence-electron chi connectivity index (χ2n) is 4.25. The first-order valence-corrected chi connectivity index (χ1v) is 6.40. The molecule has 5 heteroatoms. The highest BCUT2D eigenvalue weighted by molar-refractivity contribution is 6.17. The molecular weight excluding hydrogens is 263 g/mol. The van der Waals surface area contributed by atoms with Crippen LogP contribution in [0.2, 0.25) is 0 Å². The predicted octanol–water partition coefficient (Wildman–Crippen LogP) is 4.68. The van der Waals surface area contributed by atoms with Crippen molar-refractivity contribution in [2.75, 3.05) is 18.5 Å². The molecule has 0 saturated carbocycles. The van der Waals surface area contributed by atoms with E-state index in [-0.39, 0.29) is 11.4 Å². The fourth-order valence-electron chi connectivity index (χ4n) is 1.71. The summed E-state index contributed by atoms with van der Waals surface area (Å²) < 4.78 is 38.6. The number of rotatable bonds is 5. The van der Waals surface area contributed by atoms with Gasteiger partial charge in [0.1, 0.15) is 0 Å². The van der Waals surface area contributed by atoms with E-state index in [2.05, 4.69) is 0 Å². The number of benzene rings is 1. The molecule has 1 aromatic rings. The Morgan fingerprint density at radius 3 is 2.44 bits per heavy atom. The monoisotopic (exact) mass is 279 g/mol. The van der Waals surface area contributed by atoms with Gasteiger partial charge in [-0.25, -0.2) is 0 Å². The quantitative estimate of drug-likeness (QED) is 0.707. The van der Waals surface area contributed by atoms with Gasteiger partial charge >= 0.3 is 6.18 Å². The molecule has 0 amide bonds. The second kappa shape index (κ2) is 6.32. The Balaban J connectivity index is 3.03. The normalized spacial score (nSPS) is 11.7. The fraction of sp³-hybridized carbons (Fsp3) is 0.538. The van der Waals surface area contributed by atoms with Gasteiger partial charge in [-0.1, -0.05) is 19.4 Å². The highest BCUT2D eigenvalue weighted by Crippen LogP contribution is 2.35. The fourth-order valence-corrected chi connectivity index (χ4v) is 1.94. The van der Waals surface area contributed by atoms with E-state index in [1.54, 1.807) is 13.1 Å². The van der Waals surface area contributed by atoms with Crippen molar-refractivity contribution in [1.82, 2.24) is 0 Å². The summed E-state index contributed by atoms with van der Waals surface area (Å²) in [6.45, 7) is 2.79. The molecule has 0 aliphatic rings. The molecule has 0 aliphatic heterocycles. The van der Waals surface area contributed by atoms with Crippen LogP contribution in [0.15, 0.2) is 18.2 Å². The zero-order valence-electron chi connectivity index (χ0n) is 10.5. The van der Waals surface area contributed by atoms with E-state index in [0.717, 1.165) is 19.4 Å². The van der Waals surface area contributed by atoms with Crippen LogP contribution in [0.5, 0.6) is 0 Å². The van der Waals surface area contributed by atoms with Gasteiger partial charge < -0.3 is 4.90 Å². The molecule has 18 heavy (non-hydrogen) atoms. The molecule has 0 radical (unpaired) electrons. The number of nitrogens with zero attached hydrogens (tertiary/aromatic N) is 1. The third kappa shape index (κ3) is 3.80. The summed E-state index contributed by atoms with van der Waals surface area (Å²) in [5, 5.41) is 0. The van der Waals surface area contributed by atoms with Gasteiger partial charge in [0, 0.05) is 25.2 Å². The first-order valence-electron chi connectivity index (χ1n) is 5.87. The Labute approximate surface area is 111 Å². The predicted molar refractivity (Wildman–Crippen MR) is 69.2 cm³/mol. The Kier molecular flexibility index (Phi) is 5.32. The standard InChI is InChI=1S/C13H17ClF3N/c1-3-4-7-18(2)11-6-5-10(9-14)12(8-11)13(15,16)17/h5-6,8H,3-4,7,9H2,1-2H3. The molecule has 0 unspecified atom stereocenters. The number of hydrogen-bond donors (Lipinski definition) is 0. The van der Waals surface area contributed by atoms with Gasteiger partial charge in [-0.2, -0.15) is 13.2 Å². The summed E-state index contributed by atoms with van der Waals surface area (Å²) in [4.78, 5) is 1.83. The van der Waals surface area contributed by atoms with Crippen molar-refractivity contribution in [3.05, 3.63) is 29.3 Å². The van der Waals surface area contributed by atoms with Crippen LogP contribution in [0.1, 0.15) is 30.9 Å². The van der Waals surface area contributed by atoms with Crippen molar-refractivity contribution in [1.29, 1.82) is 0 Å². The van der Waals surface area contributed by atoms with E-state index in [9.17, 15) is 13.2 Å². The van der Waals surface area contributed by atoms with Gasteiger partial charge in [0.15, 0.2) is 0 Å². The molecular formula is C13H17ClF3N. The lowest BCUT2D eigenvalue weighted by Crippen LogP contribution is -2.19. The molecule has 0 aromatic heterocycles. The van der Waals surface area contributed by atoms with Crippen LogP contribution in [0.25, 0.3) is 0 Å². The van der Waals surface area contributed by atoms with Crippen molar-refractivity contribution in [3.63, 3.8) is 0 Å². The van der Waals surface area contributed by atoms with Crippen molar-refractivity contribution in [2.24, 2.45) is 0 Å². The molecule has 1 rings (SSSR count).